The van der Waals surface area contributed by atoms with Crippen molar-refractivity contribution in [3.8, 4) is 0 Å². The smallest absolute Gasteiger partial charge is 0.163 e. The van der Waals surface area contributed by atoms with Gasteiger partial charge in [-0.3, -0.25) is 5.41 Å². The van der Waals surface area contributed by atoms with Crippen molar-refractivity contribution in [2.75, 3.05) is 6.26 Å². The molecule has 0 bridgehead atoms. The van der Waals surface area contributed by atoms with Gasteiger partial charge in [-0.15, -0.1) is 12.4 Å². The molecule has 0 aromatic heterocycles. The van der Waals surface area contributed by atoms with Crippen LogP contribution in [-0.4, -0.2) is 16.3 Å². The number of benzene rings is 1. The van der Waals surface area contributed by atoms with Gasteiger partial charge in [-0.1, -0.05) is 12.1 Å². The number of fused-ring (bicyclic) bond motifs is 1. The van der Waals surface area contributed by atoms with E-state index < -0.39 is 9.73 Å². The van der Waals surface area contributed by atoms with Crippen molar-refractivity contribution >= 4 is 28.0 Å². The SMILES string of the molecule is CS1(=O)=NC(=N)c2ccccc21.Cl. The van der Waals surface area contributed by atoms with Crippen molar-refractivity contribution in [1.29, 1.82) is 5.41 Å². The molecule has 2 rings (SSSR count). The average Bonchev–Trinajstić information content (AvgIpc) is 2.25. The Kier molecular flexibility index (Phi) is 2.45. The zero-order chi connectivity index (χ0) is 8.77. The van der Waals surface area contributed by atoms with E-state index in [0.29, 0.717) is 10.5 Å². The molecule has 1 atom stereocenters. The van der Waals surface area contributed by atoms with Gasteiger partial charge in [0.2, 0.25) is 0 Å². The molecule has 1 aliphatic rings. The average molecular weight is 217 g/mol. The molecular formula is C8H9ClN2OS. The molecule has 0 aliphatic carbocycles. The summed E-state index contributed by atoms with van der Waals surface area (Å²) in [5.41, 5.74) is 0.699. The van der Waals surface area contributed by atoms with E-state index in [1.165, 1.54) is 0 Å². The molecule has 1 aliphatic heterocycles. The lowest BCUT2D eigenvalue weighted by Crippen LogP contribution is -1.93. The topological polar surface area (TPSA) is 53.3 Å². The highest BCUT2D eigenvalue weighted by atomic mass is 35.5. The highest BCUT2D eigenvalue weighted by Gasteiger charge is 2.21. The molecule has 3 nitrogen and oxygen atoms in total. The number of hydrogen-bond acceptors (Lipinski definition) is 2. The molecule has 13 heavy (non-hydrogen) atoms. The van der Waals surface area contributed by atoms with Crippen LogP contribution in [0, 0.1) is 5.41 Å². The van der Waals surface area contributed by atoms with Gasteiger partial charge in [-0.25, -0.2) is 4.21 Å². The summed E-state index contributed by atoms with van der Waals surface area (Å²) in [6, 6.07) is 7.18. The highest BCUT2D eigenvalue weighted by molar-refractivity contribution is 7.93. The number of nitrogens with one attached hydrogen (secondary N) is 1. The second-order valence-corrected chi connectivity index (χ2v) is 4.97. The summed E-state index contributed by atoms with van der Waals surface area (Å²) in [7, 11) is -2.30. The molecule has 1 aromatic carbocycles. The van der Waals surface area contributed by atoms with Crippen LogP contribution < -0.4 is 0 Å². The minimum absolute atomic E-state index is 0. The molecule has 1 unspecified atom stereocenters. The van der Waals surface area contributed by atoms with E-state index in [1.807, 2.05) is 12.1 Å². The van der Waals surface area contributed by atoms with Crippen LogP contribution in [0.25, 0.3) is 0 Å². The van der Waals surface area contributed by atoms with Crippen molar-refractivity contribution < 1.29 is 4.21 Å². The number of amidine groups is 1. The van der Waals surface area contributed by atoms with E-state index >= 15 is 0 Å². The van der Waals surface area contributed by atoms with Crippen molar-refractivity contribution in [3.63, 3.8) is 0 Å². The standard InChI is InChI=1S/C8H8N2OS.ClH/c1-12(11)7-5-3-2-4-6(7)8(9)10-12;/h2-5,9H,1H3;1H. The minimum atomic E-state index is -2.30. The molecule has 70 valence electrons. The zero-order valence-corrected chi connectivity index (χ0v) is 8.61. The van der Waals surface area contributed by atoms with Gasteiger partial charge in [0.1, 0.15) is 0 Å². The molecule has 5 heteroatoms. The first-order valence-electron chi connectivity index (χ1n) is 3.51. The maximum Gasteiger partial charge on any atom is 0.163 e. The molecular weight excluding hydrogens is 208 g/mol. The van der Waals surface area contributed by atoms with Gasteiger partial charge in [0, 0.05) is 11.8 Å². The van der Waals surface area contributed by atoms with Crippen LogP contribution in [0.15, 0.2) is 33.5 Å². The van der Waals surface area contributed by atoms with E-state index in [9.17, 15) is 4.21 Å². The molecule has 1 N–H and O–H groups in total. The van der Waals surface area contributed by atoms with Crippen LogP contribution in [0.2, 0.25) is 0 Å². The van der Waals surface area contributed by atoms with Crippen molar-refractivity contribution in [2.45, 2.75) is 4.90 Å². The quantitative estimate of drug-likeness (QED) is 0.708. The van der Waals surface area contributed by atoms with E-state index in [-0.39, 0.29) is 18.2 Å². The zero-order valence-electron chi connectivity index (χ0n) is 6.98. The van der Waals surface area contributed by atoms with Crippen LogP contribution in [0.5, 0.6) is 0 Å². The third-order valence-electron chi connectivity index (χ3n) is 1.82. The summed E-state index contributed by atoms with van der Waals surface area (Å²) < 4.78 is 15.5. The Balaban J connectivity index is 0.000000845. The number of halogens is 1. The van der Waals surface area contributed by atoms with E-state index in [2.05, 4.69) is 4.36 Å². The van der Waals surface area contributed by atoms with Gasteiger partial charge >= 0.3 is 0 Å². The molecule has 0 saturated carbocycles. The monoisotopic (exact) mass is 216 g/mol. The van der Waals surface area contributed by atoms with Crippen molar-refractivity contribution in [1.82, 2.24) is 0 Å². The predicted molar refractivity (Wildman–Crippen MR) is 55.3 cm³/mol. The Hall–Kier alpha value is -0.870. The molecule has 1 heterocycles. The summed E-state index contributed by atoms with van der Waals surface area (Å²) in [6.45, 7) is 0. The molecule has 1 aromatic rings. The van der Waals surface area contributed by atoms with Crippen LogP contribution >= 0.6 is 12.4 Å². The van der Waals surface area contributed by atoms with E-state index in [0.717, 1.165) is 0 Å². The second kappa shape index (κ2) is 3.12. The number of hydrogen-bond donors (Lipinski definition) is 1. The molecule has 0 spiro atoms. The molecule has 0 saturated heterocycles. The van der Waals surface area contributed by atoms with Crippen LogP contribution in [0.1, 0.15) is 5.56 Å². The number of rotatable bonds is 0. The largest absolute Gasteiger partial charge is 0.282 e. The molecule has 0 amide bonds. The van der Waals surface area contributed by atoms with Crippen molar-refractivity contribution in [2.24, 2.45) is 4.36 Å². The first-order chi connectivity index (χ1) is 5.61. The Morgan fingerprint density at radius 3 is 2.62 bits per heavy atom. The summed E-state index contributed by atoms with van der Waals surface area (Å²) in [4.78, 5) is 0.690. The summed E-state index contributed by atoms with van der Waals surface area (Å²) in [5, 5.41) is 7.44. The maximum absolute atomic E-state index is 11.7. The first kappa shape index (κ1) is 10.2. The third-order valence-corrected chi connectivity index (χ3v) is 3.52. The fourth-order valence-electron chi connectivity index (χ4n) is 1.27. The Bertz CT molecular complexity index is 475. The molecule has 0 radical (unpaired) electrons. The third kappa shape index (κ3) is 1.47. The Labute approximate surface area is 83.3 Å². The predicted octanol–water partition coefficient (Wildman–Crippen LogP) is 1.90. The van der Waals surface area contributed by atoms with Gasteiger partial charge < -0.3 is 0 Å². The fourth-order valence-corrected chi connectivity index (χ4v) is 2.71. The van der Waals surface area contributed by atoms with E-state index in [1.54, 1.807) is 18.4 Å². The Morgan fingerprint density at radius 2 is 2.00 bits per heavy atom. The van der Waals surface area contributed by atoms with Gasteiger partial charge in [0.25, 0.3) is 0 Å². The van der Waals surface area contributed by atoms with Crippen molar-refractivity contribution in [3.05, 3.63) is 29.8 Å². The highest BCUT2D eigenvalue weighted by Crippen LogP contribution is 2.24. The Morgan fingerprint density at radius 1 is 1.38 bits per heavy atom. The van der Waals surface area contributed by atoms with Gasteiger partial charge in [-0.05, 0) is 12.1 Å². The lowest BCUT2D eigenvalue weighted by Gasteiger charge is -1.97. The maximum atomic E-state index is 11.7. The lowest BCUT2D eigenvalue weighted by atomic mass is 10.2. The summed E-state index contributed by atoms with van der Waals surface area (Å²) in [6.07, 6.45) is 1.56. The van der Waals surface area contributed by atoms with Crippen LogP contribution in [0.4, 0.5) is 0 Å². The fraction of sp³-hybridized carbons (Fsp3) is 0.125. The van der Waals surface area contributed by atoms with Gasteiger partial charge in [0.05, 0.1) is 14.6 Å². The van der Waals surface area contributed by atoms with Crippen LogP contribution in [-0.2, 0) is 9.73 Å². The summed E-state index contributed by atoms with van der Waals surface area (Å²) >= 11 is 0. The van der Waals surface area contributed by atoms with Gasteiger partial charge in [0.15, 0.2) is 5.84 Å². The number of nitrogens with zero attached hydrogens (tertiary/aromatic N) is 1. The minimum Gasteiger partial charge on any atom is -0.282 e. The first-order valence-corrected chi connectivity index (χ1v) is 5.44. The summed E-state index contributed by atoms with van der Waals surface area (Å²) in [5.74, 6) is 0.137. The van der Waals surface area contributed by atoms with Crippen LogP contribution in [0.3, 0.4) is 0 Å². The van der Waals surface area contributed by atoms with Gasteiger partial charge in [-0.2, -0.15) is 4.36 Å². The lowest BCUT2D eigenvalue weighted by molar-refractivity contribution is 0.682. The second-order valence-electron chi connectivity index (χ2n) is 2.74. The van der Waals surface area contributed by atoms with E-state index in [4.69, 9.17) is 5.41 Å². The normalized spacial score (nSPS) is 24.5. The molecule has 0 fully saturated rings.